The summed E-state index contributed by atoms with van der Waals surface area (Å²) >= 11 is 0. The van der Waals surface area contributed by atoms with Crippen LogP contribution in [0, 0.1) is 0 Å². The van der Waals surface area contributed by atoms with Crippen molar-refractivity contribution in [1.82, 2.24) is 14.5 Å². The van der Waals surface area contributed by atoms with E-state index < -0.39 is 5.97 Å². The van der Waals surface area contributed by atoms with Gasteiger partial charge >= 0.3 is 5.97 Å². The van der Waals surface area contributed by atoms with Gasteiger partial charge in [-0.05, 0) is 19.4 Å². The molecule has 2 rings (SSSR count). The maximum Gasteiger partial charge on any atom is 0.320 e. The van der Waals surface area contributed by atoms with Gasteiger partial charge in [0.25, 0.3) is 0 Å². The summed E-state index contributed by atoms with van der Waals surface area (Å²) in [5, 5.41) is 9.03. The number of aliphatic carboxylic acids is 1. The molecule has 5 heteroatoms. The average molecular weight is 223 g/mol. The number of aromatic nitrogens is 2. The molecule has 0 spiro atoms. The van der Waals surface area contributed by atoms with E-state index in [1.807, 2.05) is 22.7 Å². The predicted octanol–water partition coefficient (Wildman–Crippen LogP) is 0.512. The minimum atomic E-state index is -0.697. The maximum absolute atomic E-state index is 11.0. The lowest BCUT2D eigenvalue weighted by atomic mass is 10.2. The fraction of sp³-hybridized carbons (Fsp3) is 0.636. The summed E-state index contributed by atoms with van der Waals surface area (Å²) in [5.74, 6) is 0.313. The Labute approximate surface area is 94.7 Å². The number of nitrogens with zero attached hydrogens (tertiary/aromatic N) is 3. The SMILES string of the molecule is Cn1ccnc1CCN1CCCC1C(=O)O. The van der Waals surface area contributed by atoms with Gasteiger partial charge in [-0.2, -0.15) is 0 Å². The van der Waals surface area contributed by atoms with Crippen molar-refractivity contribution in [1.29, 1.82) is 0 Å². The summed E-state index contributed by atoms with van der Waals surface area (Å²) in [5.41, 5.74) is 0. The van der Waals surface area contributed by atoms with E-state index in [-0.39, 0.29) is 6.04 Å². The van der Waals surface area contributed by atoms with Crippen LogP contribution >= 0.6 is 0 Å². The summed E-state index contributed by atoms with van der Waals surface area (Å²) in [6.45, 7) is 1.67. The van der Waals surface area contributed by atoms with Gasteiger partial charge in [0.1, 0.15) is 11.9 Å². The number of carboxylic acids is 1. The molecule has 1 aromatic heterocycles. The molecule has 1 aromatic rings. The number of rotatable bonds is 4. The Bertz CT molecular complexity index is 375. The second-order valence-corrected chi connectivity index (χ2v) is 4.24. The molecular weight excluding hydrogens is 206 g/mol. The predicted molar refractivity (Wildman–Crippen MR) is 59.1 cm³/mol. The molecule has 5 nitrogen and oxygen atoms in total. The van der Waals surface area contributed by atoms with Crippen LogP contribution in [0.2, 0.25) is 0 Å². The largest absolute Gasteiger partial charge is 0.480 e. The van der Waals surface area contributed by atoms with Crippen molar-refractivity contribution in [2.24, 2.45) is 7.05 Å². The molecule has 0 aromatic carbocycles. The summed E-state index contributed by atoms with van der Waals surface area (Å²) in [6.07, 6.45) is 6.25. The third-order valence-electron chi connectivity index (χ3n) is 3.19. The second-order valence-electron chi connectivity index (χ2n) is 4.24. The van der Waals surface area contributed by atoms with Crippen LogP contribution < -0.4 is 0 Å². The molecule has 16 heavy (non-hydrogen) atoms. The lowest BCUT2D eigenvalue weighted by Crippen LogP contribution is -2.37. The third-order valence-corrected chi connectivity index (χ3v) is 3.19. The zero-order chi connectivity index (χ0) is 11.5. The van der Waals surface area contributed by atoms with Gasteiger partial charge in [-0.3, -0.25) is 9.69 Å². The van der Waals surface area contributed by atoms with Crippen molar-refractivity contribution >= 4 is 5.97 Å². The van der Waals surface area contributed by atoms with Gasteiger partial charge in [0.05, 0.1) is 0 Å². The van der Waals surface area contributed by atoms with Crippen molar-refractivity contribution in [3.63, 3.8) is 0 Å². The normalized spacial score (nSPS) is 21.4. The number of likely N-dealkylation sites (tertiary alicyclic amines) is 1. The number of hydrogen-bond acceptors (Lipinski definition) is 3. The van der Waals surface area contributed by atoms with Crippen molar-refractivity contribution in [2.75, 3.05) is 13.1 Å². The number of carbonyl (C=O) groups is 1. The van der Waals surface area contributed by atoms with Crippen molar-refractivity contribution < 1.29 is 9.90 Å². The zero-order valence-corrected chi connectivity index (χ0v) is 9.46. The van der Waals surface area contributed by atoms with Gasteiger partial charge in [0.2, 0.25) is 0 Å². The molecule has 0 aliphatic carbocycles. The van der Waals surface area contributed by atoms with Gasteiger partial charge in [-0.25, -0.2) is 4.98 Å². The van der Waals surface area contributed by atoms with E-state index in [1.54, 1.807) is 6.20 Å². The Hall–Kier alpha value is -1.36. The molecule has 0 bridgehead atoms. The minimum Gasteiger partial charge on any atom is -0.480 e. The van der Waals surface area contributed by atoms with Crippen LogP contribution in [0.15, 0.2) is 12.4 Å². The molecule has 0 amide bonds. The second kappa shape index (κ2) is 4.65. The molecule has 1 aliphatic rings. The van der Waals surface area contributed by atoms with Crippen LogP contribution in [0.5, 0.6) is 0 Å². The Balaban J connectivity index is 1.90. The molecule has 88 valence electrons. The van der Waals surface area contributed by atoms with Gasteiger partial charge in [-0.1, -0.05) is 0 Å². The highest BCUT2D eigenvalue weighted by atomic mass is 16.4. The highest BCUT2D eigenvalue weighted by molar-refractivity contribution is 5.73. The first-order valence-corrected chi connectivity index (χ1v) is 5.61. The first kappa shape index (κ1) is 11.1. The van der Waals surface area contributed by atoms with E-state index in [1.165, 1.54) is 0 Å². The topological polar surface area (TPSA) is 58.4 Å². The van der Waals surface area contributed by atoms with E-state index in [4.69, 9.17) is 5.11 Å². The van der Waals surface area contributed by atoms with Crippen LogP contribution in [0.3, 0.4) is 0 Å². The van der Waals surface area contributed by atoms with Gasteiger partial charge in [-0.15, -0.1) is 0 Å². The standard InChI is InChI=1S/C11H17N3O2/c1-13-8-5-12-10(13)4-7-14-6-2-3-9(14)11(15)16/h5,8-9H,2-4,6-7H2,1H3,(H,15,16). The monoisotopic (exact) mass is 223 g/mol. The first-order valence-electron chi connectivity index (χ1n) is 5.61. The molecule has 1 atom stereocenters. The first-order chi connectivity index (χ1) is 7.68. The Kier molecular flexibility index (Phi) is 3.24. The van der Waals surface area contributed by atoms with E-state index in [0.29, 0.717) is 0 Å². The van der Waals surface area contributed by atoms with Crippen LogP contribution in [0.25, 0.3) is 0 Å². The maximum atomic E-state index is 11.0. The number of aryl methyl sites for hydroxylation is 1. The Morgan fingerprint density at radius 2 is 2.50 bits per heavy atom. The molecule has 0 radical (unpaired) electrons. The lowest BCUT2D eigenvalue weighted by Gasteiger charge is -2.20. The van der Waals surface area contributed by atoms with Crippen LogP contribution in [0.1, 0.15) is 18.7 Å². The Morgan fingerprint density at radius 1 is 1.69 bits per heavy atom. The van der Waals surface area contributed by atoms with Gasteiger partial charge in [0.15, 0.2) is 0 Å². The summed E-state index contributed by atoms with van der Waals surface area (Å²) in [7, 11) is 1.96. The molecule has 1 aliphatic heterocycles. The molecule has 2 heterocycles. The summed E-state index contributed by atoms with van der Waals surface area (Å²) in [6, 6.07) is -0.291. The summed E-state index contributed by atoms with van der Waals surface area (Å²) in [4.78, 5) is 17.3. The molecule has 0 saturated carbocycles. The van der Waals surface area contributed by atoms with Gasteiger partial charge < -0.3 is 9.67 Å². The van der Waals surface area contributed by atoms with Crippen LogP contribution in [-0.2, 0) is 18.3 Å². The minimum absolute atomic E-state index is 0.291. The molecule has 1 fully saturated rings. The average Bonchev–Trinajstić information content (AvgIpc) is 2.83. The fourth-order valence-corrected chi connectivity index (χ4v) is 2.25. The van der Waals surface area contributed by atoms with Crippen LogP contribution in [0.4, 0.5) is 0 Å². The van der Waals surface area contributed by atoms with E-state index >= 15 is 0 Å². The molecule has 1 N–H and O–H groups in total. The van der Waals surface area contributed by atoms with Crippen LogP contribution in [-0.4, -0.2) is 44.7 Å². The quantitative estimate of drug-likeness (QED) is 0.808. The molecule has 1 unspecified atom stereocenters. The zero-order valence-electron chi connectivity index (χ0n) is 9.46. The fourth-order valence-electron chi connectivity index (χ4n) is 2.25. The van der Waals surface area contributed by atoms with Crippen molar-refractivity contribution in [2.45, 2.75) is 25.3 Å². The summed E-state index contributed by atoms with van der Waals surface area (Å²) < 4.78 is 1.98. The molecular formula is C11H17N3O2. The van der Waals surface area contributed by atoms with E-state index in [0.717, 1.165) is 38.2 Å². The van der Waals surface area contributed by atoms with Gasteiger partial charge in [0, 0.05) is 32.4 Å². The highest BCUT2D eigenvalue weighted by Crippen LogP contribution is 2.17. The van der Waals surface area contributed by atoms with E-state index in [2.05, 4.69) is 4.98 Å². The number of carboxylic acid groups (broad SMARTS) is 1. The van der Waals surface area contributed by atoms with Crippen molar-refractivity contribution in [3.8, 4) is 0 Å². The smallest absolute Gasteiger partial charge is 0.320 e. The third kappa shape index (κ3) is 2.24. The Morgan fingerprint density at radius 3 is 3.12 bits per heavy atom. The van der Waals surface area contributed by atoms with Crippen molar-refractivity contribution in [3.05, 3.63) is 18.2 Å². The lowest BCUT2D eigenvalue weighted by molar-refractivity contribution is -0.142. The van der Waals surface area contributed by atoms with E-state index in [9.17, 15) is 4.79 Å². The number of hydrogen-bond donors (Lipinski definition) is 1. The molecule has 1 saturated heterocycles. The highest BCUT2D eigenvalue weighted by Gasteiger charge is 2.29. The number of imidazole rings is 1.